The van der Waals surface area contributed by atoms with Gasteiger partial charge in [0.2, 0.25) is 12.2 Å². The van der Waals surface area contributed by atoms with Crippen molar-refractivity contribution in [3.63, 3.8) is 0 Å². The van der Waals surface area contributed by atoms with E-state index >= 15 is 0 Å². The first-order valence-corrected chi connectivity index (χ1v) is 3.99. The molecule has 0 fully saturated rings. The van der Waals surface area contributed by atoms with E-state index in [0.717, 1.165) is 25.7 Å². The van der Waals surface area contributed by atoms with Crippen LogP contribution >= 0.6 is 0 Å². The fourth-order valence-corrected chi connectivity index (χ4v) is 0.827. The Bertz CT molecular complexity index is 174. The van der Waals surface area contributed by atoms with Gasteiger partial charge in [0, 0.05) is 0 Å². The third kappa shape index (κ3) is 14.4. The molecule has 0 aromatic heterocycles. The molecule has 0 atom stereocenters. The average Bonchev–Trinajstić information content (AvgIpc) is 2.10. The first kappa shape index (κ1) is 15.1. The van der Waals surface area contributed by atoms with Gasteiger partial charge in [0.25, 0.3) is 0 Å². The summed E-state index contributed by atoms with van der Waals surface area (Å²) in [6, 6.07) is 0. The van der Waals surface area contributed by atoms with Crippen molar-refractivity contribution in [1.82, 2.24) is 0 Å². The number of carbonyl (C=O) groups excluding carboxylic acids is 2. The molecule has 0 amide bonds. The second-order valence-electron chi connectivity index (χ2n) is 2.36. The number of aliphatic imine (C=N–C) groups is 2. The van der Waals surface area contributed by atoms with Crippen LogP contribution in [-0.2, 0) is 9.59 Å². The van der Waals surface area contributed by atoms with E-state index in [9.17, 15) is 9.59 Å². The molecule has 0 aromatic rings. The van der Waals surface area contributed by atoms with Crippen molar-refractivity contribution in [1.29, 1.82) is 0 Å². The quantitative estimate of drug-likeness (QED) is 0.293. The van der Waals surface area contributed by atoms with Crippen LogP contribution < -0.4 is 0 Å². The van der Waals surface area contributed by atoms with Gasteiger partial charge >= 0.3 is 23.9 Å². The van der Waals surface area contributed by atoms with Crippen LogP contribution in [0.25, 0.3) is 0 Å². The van der Waals surface area contributed by atoms with Gasteiger partial charge in [0.15, 0.2) is 0 Å². The molecule has 0 bridgehead atoms. The zero-order valence-electron chi connectivity index (χ0n) is 7.66. The molecule has 2 radical (unpaired) electrons. The molecule has 0 spiro atoms. The molecule has 0 saturated heterocycles. The zero-order chi connectivity index (χ0) is 9.07. The van der Waals surface area contributed by atoms with Gasteiger partial charge in [-0.25, -0.2) is 19.6 Å². The van der Waals surface area contributed by atoms with E-state index in [-0.39, 0.29) is 23.9 Å². The van der Waals surface area contributed by atoms with E-state index in [4.69, 9.17) is 0 Å². The fourth-order valence-electron chi connectivity index (χ4n) is 0.827. The number of hydrogen-bond acceptors (Lipinski definition) is 4. The molecule has 0 aromatic carbocycles. The topological polar surface area (TPSA) is 58.9 Å². The van der Waals surface area contributed by atoms with Gasteiger partial charge in [-0.1, -0.05) is 12.8 Å². The van der Waals surface area contributed by atoms with E-state index < -0.39 is 0 Å². The predicted octanol–water partition coefficient (Wildman–Crippen LogP) is 0.302. The van der Waals surface area contributed by atoms with Crippen LogP contribution in [0.2, 0.25) is 0 Å². The Morgan fingerprint density at radius 1 is 0.769 bits per heavy atom. The van der Waals surface area contributed by atoms with E-state index in [1.165, 1.54) is 12.2 Å². The van der Waals surface area contributed by atoms with Gasteiger partial charge in [-0.15, -0.1) is 0 Å². The third-order valence-corrected chi connectivity index (χ3v) is 1.42. The first-order valence-electron chi connectivity index (χ1n) is 3.99. The van der Waals surface area contributed by atoms with Crippen LogP contribution in [0.3, 0.4) is 0 Å². The molecular weight excluding hydrogens is 275 g/mol. The molecule has 0 saturated carbocycles. The van der Waals surface area contributed by atoms with Gasteiger partial charge < -0.3 is 0 Å². The summed E-state index contributed by atoms with van der Waals surface area (Å²) < 4.78 is 0. The fraction of sp³-hybridized carbons (Fsp3) is 0.750. The van der Waals surface area contributed by atoms with E-state index in [1.807, 2.05) is 0 Å². The predicted molar refractivity (Wildman–Crippen MR) is 53.0 cm³/mol. The van der Waals surface area contributed by atoms with Crippen molar-refractivity contribution in [3.05, 3.63) is 0 Å². The Morgan fingerprint density at radius 2 is 1.15 bits per heavy atom. The Balaban J connectivity index is 0. The normalized spacial score (nSPS) is 7.69. The van der Waals surface area contributed by atoms with Crippen molar-refractivity contribution in [2.24, 2.45) is 9.98 Å². The van der Waals surface area contributed by atoms with Gasteiger partial charge in [-0.05, 0) is 12.8 Å². The Kier molecular flexibility index (Phi) is 16.3. The van der Waals surface area contributed by atoms with E-state index in [0.29, 0.717) is 13.1 Å². The molecule has 13 heavy (non-hydrogen) atoms. The molecule has 0 aliphatic rings. The van der Waals surface area contributed by atoms with Crippen molar-refractivity contribution < 1.29 is 9.59 Å². The number of nitrogens with zero attached hydrogens (tertiary/aromatic N) is 2. The summed E-state index contributed by atoms with van der Waals surface area (Å²) in [6.07, 6.45) is 6.80. The Morgan fingerprint density at radius 3 is 1.46 bits per heavy atom. The Labute approximate surface area is 94.5 Å². The SMILES string of the molecule is O=C=NCCCCCCN=C=O.[SnH2]. The summed E-state index contributed by atoms with van der Waals surface area (Å²) in [5.41, 5.74) is 0. The zero-order valence-corrected chi connectivity index (χ0v) is 11.7. The van der Waals surface area contributed by atoms with E-state index in [1.54, 1.807) is 0 Å². The summed E-state index contributed by atoms with van der Waals surface area (Å²) in [4.78, 5) is 26.1. The minimum atomic E-state index is 0. The molecule has 0 rings (SSSR count). The molecule has 0 aliphatic heterocycles. The van der Waals surface area contributed by atoms with Crippen molar-refractivity contribution >= 4 is 36.1 Å². The van der Waals surface area contributed by atoms with Gasteiger partial charge in [0.05, 0.1) is 13.1 Å². The molecule has 0 heterocycles. The Hall–Kier alpha value is -0.441. The second-order valence-corrected chi connectivity index (χ2v) is 2.36. The summed E-state index contributed by atoms with van der Waals surface area (Å²) in [5.74, 6) is 0. The number of hydrogen-bond donors (Lipinski definition) is 0. The molecule has 5 heteroatoms. The molecule has 4 nitrogen and oxygen atoms in total. The second kappa shape index (κ2) is 14.1. The maximum absolute atomic E-state index is 9.63. The van der Waals surface area contributed by atoms with Crippen LogP contribution in [0.4, 0.5) is 0 Å². The van der Waals surface area contributed by atoms with Crippen LogP contribution in [0.1, 0.15) is 25.7 Å². The maximum atomic E-state index is 9.63. The van der Waals surface area contributed by atoms with Crippen molar-refractivity contribution in [3.8, 4) is 0 Å². The molecule has 0 aliphatic carbocycles. The number of unbranched alkanes of at least 4 members (excludes halogenated alkanes) is 3. The summed E-state index contributed by atoms with van der Waals surface area (Å²) in [6.45, 7) is 1.11. The summed E-state index contributed by atoms with van der Waals surface area (Å²) in [7, 11) is 0. The third-order valence-electron chi connectivity index (χ3n) is 1.42. The van der Waals surface area contributed by atoms with Crippen molar-refractivity contribution in [2.75, 3.05) is 13.1 Å². The van der Waals surface area contributed by atoms with Crippen LogP contribution in [0.5, 0.6) is 0 Å². The molecule has 0 N–H and O–H groups in total. The van der Waals surface area contributed by atoms with E-state index in [2.05, 4.69) is 9.98 Å². The summed E-state index contributed by atoms with van der Waals surface area (Å²) >= 11 is 0. The first-order chi connectivity index (χ1) is 5.91. The van der Waals surface area contributed by atoms with Gasteiger partial charge in [-0.3, -0.25) is 0 Å². The van der Waals surface area contributed by atoms with Crippen LogP contribution in [0, 0.1) is 0 Å². The average molecular weight is 289 g/mol. The number of isocyanates is 2. The van der Waals surface area contributed by atoms with Crippen LogP contribution in [-0.4, -0.2) is 49.2 Å². The minimum absolute atomic E-state index is 0. The summed E-state index contributed by atoms with van der Waals surface area (Å²) in [5, 5.41) is 0. The molecular formula is C8H14N2O2Sn. The van der Waals surface area contributed by atoms with Gasteiger partial charge in [-0.2, -0.15) is 0 Å². The standard InChI is InChI=1S/C8H12N2O2.Sn.2H/c11-7-9-5-3-1-2-4-6-10-8-12;;;/h1-6H2;;;. The monoisotopic (exact) mass is 290 g/mol. The van der Waals surface area contributed by atoms with Crippen molar-refractivity contribution in [2.45, 2.75) is 25.7 Å². The molecule has 0 unspecified atom stereocenters. The molecule has 72 valence electrons. The van der Waals surface area contributed by atoms with Crippen LogP contribution in [0.15, 0.2) is 9.98 Å². The number of rotatable bonds is 7. The van der Waals surface area contributed by atoms with Gasteiger partial charge in [0.1, 0.15) is 0 Å².